The number of aryl methyl sites for hydroxylation is 1. The van der Waals surface area contributed by atoms with E-state index in [1.807, 2.05) is 82.3 Å². The van der Waals surface area contributed by atoms with E-state index in [4.69, 9.17) is 75.5 Å². The van der Waals surface area contributed by atoms with Gasteiger partial charge in [-0.1, -0.05) is 80.5 Å². The second-order valence-corrected chi connectivity index (χ2v) is 40.3. The van der Waals surface area contributed by atoms with Crippen molar-refractivity contribution >= 4 is 254 Å². The zero-order chi connectivity index (χ0) is 105. The molecular formula is C95H112B3Br5Cl2N14O25S2. The van der Waals surface area contributed by atoms with Gasteiger partial charge in [-0.15, -0.1) is 0 Å². The summed E-state index contributed by atoms with van der Waals surface area (Å²) < 4.78 is 69.5. The standard InChI is InChI=1S/C23H24N4O4S.C15H19BN2O3S.C14H17BrN2O3.C9H9BrN2O5.C8H6BrNO2.C8H8BrNO.C7H11ClO2.C5H2BrClN2O2.C4H8O3.2CH4.B2/c1-14(28)25-22-26-18-8-7-15(12-20(18)32-22)16-11-19-21(24-13-16)30-10-9-27(19)23(29)31-17-5-3-2-4-6-17;1-9(19)17-13-18-11-7-6-10(8-12(11)22-13)16-20-14(2,3)15(4,5)21-16;15-10-8-12-13(16-9-10)19-7-6-17(12)14(18)20-11-4-2-1-3-5-11;1-2-16-8(13)5-17-9-7(12(14)15)3-6(10)4-11-9;9-6-1-5-2-7(11)4-12-8(5)10-3-6;9-7-4-6-2-1-3-11-8(6)10-5-7;8-7(9)10-6-4-2-1-3-5-6;6-3-1-4(9(10)11)5(7)8-2-3;1-2-7-4(6)3-5;;;1-2/h7-8,11-13,17H,2-6,9-10H2,1H3,(H,25,26,28);6-8H,1-5H3,(H,17,18,19);8-9,11H,1-7H2;3-4H,2,5H2,1H3;1,3H,2,4H2;4-5H,1-3H2;6H,1-5H2;1-2H;5H,2-3H2,1H3;2*1H4;. The van der Waals surface area contributed by atoms with Gasteiger partial charge in [0.05, 0.1) is 74.4 Å². The van der Waals surface area contributed by atoms with Crippen LogP contribution in [0.15, 0.2) is 132 Å². The molecule has 5 aliphatic heterocycles. The normalized spacial score (nSPS) is 15.3. The van der Waals surface area contributed by atoms with Gasteiger partial charge in [0.1, 0.15) is 56.1 Å². The molecule has 51 heteroatoms. The van der Waals surface area contributed by atoms with Crippen molar-refractivity contribution in [3.05, 3.63) is 169 Å². The number of carbonyl (C=O) groups excluding carboxylic acids is 8. The van der Waals surface area contributed by atoms with Crippen LogP contribution in [0, 0.1) is 20.2 Å². The Morgan fingerprint density at radius 3 is 1.47 bits per heavy atom. The lowest BCUT2D eigenvalue weighted by atomic mass is 9.79. The second-order valence-electron chi connectivity index (χ2n) is 33.0. The number of nitrogens with one attached hydrogen (secondary N) is 2. The Kier molecular flexibility index (Phi) is 51.6. The largest absolute Gasteiger partial charge is 0.494 e. The molecule has 0 spiro atoms. The molecule has 1 saturated heterocycles. The molecule has 0 bridgehead atoms. The molecule has 8 aromatic heterocycles. The van der Waals surface area contributed by atoms with Crippen molar-refractivity contribution in [2.75, 3.05) is 86.4 Å². The average Bonchev–Trinajstić information content (AvgIpc) is 1.66. The fourth-order valence-electron chi connectivity index (χ4n) is 14.5. The number of ether oxygens (including phenoxy) is 10. The van der Waals surface area contributed by atoms with Crippen LogP contribution in [0.5, 0.6) is 29.4 Å². The molecule has 4 amide bonds. The smallest absolute Gasteiger partial charge is 0.477 e. The van der Waals surface area contributed by atoms with Gasteiger partial charge in [0, 0.05) is 136 Å². The number of halogens is 7. The maximum atomic E-state index is 12.9. The zero-order valence-corrected chi connectivity index (χ0v) is 90.8. The number of rotatable bonds is 15. The van der Waals surface area contributed by atoms with Crippen molar-refractivity contribution in [3.8, 4) is 40.5 Å². The maximum absolute atomic E-state index is 12.9. The Balaban J connectivity index is 0.000000229. The lowest BCUT2D eigenvalue weighted by Gasteiger charge is -2.32. The lowest BCUT2D eigenvalue weighted by molar-refractivity contribution is -0.386. The van der Waals surface area contributed by atoms with Gasteiger partial charge in [0.15, 0.2) is 22.7 Å². The Morgan fingerprint density at radius 2 is 0.979 bits per heavy atom. The Hall–Kier alpha value is -10.5. The highest BCUT2D eigenvalue weighted by molar-refractivity contribution is 9.11. The van der Waals surface area contributed by atoms with Gasteiger partial charge in [-0.3, -0.25) is 44.4 Å². The number of pyridine rings is 6. The first-order valence-electron chi connectivity index (χ1n) is 45.5. The summed E-state index contributed by atoms with van der Waals surface area (Å²) in [5.74, 6) is 0.751. The maximum Gasteiger partial charge on any atom is 0.494 e. The summed E-state index contributed by atoms with van der Waals surface area (Å²) in [6, 6.07) is 22.0. The molecule has 8 aliphatic rings. The number of anilines is 4. The first kappa shape index (κ1) is 122. The SMILES string of the molecule is Brc1cnc2c(c1)CCCO2.C.C.CC(=O)Nc1nc2ccc(-c3cnc4c(c3)N(C(=O)OC3CCCCC3)CCO4)cc2s1.CC(=O)Nc1nc2ccc(B3OC(C)(C)C(C)(C)O3)cc2s1.CCOC(=O)CO.CCOC(=O)COc1ncc(Br)cc1[N+](=O)[O-].O=C(Cl)OC1CCCCC1.O=C(OC1CCCCC1)N1CCOc2ncc(Br)cc21.O=C1COc2ncc(Br)cc2C1.O=[N+]([O-])c1cc(Br)cnc1Cl.[B][B]. The van der Waals surface area contributed by atoms with Crippen LogP contribution in [0.1, 0.15) is 184 Å². The first-order chi connectivity index (χ1) is 68.8. The van der Waals surface area contributed by atoms with Crippen LogP contribution in [0.25, 0.3) is 31.6 Å². The predicted octanol–water partition coefficient (Wildman–Crippen LogP) is 21.4. The number of thiazole rings is 2. The van der Waals surface area contributed by atoms with E-state index >= 15 is 0 Å². The quantitative estimate of drug-likeness (QED) is 0.0163. The number of nitrogens with zero attached hydrogens (tertiary/aromatic N) is 12. The van der Waals surface area contributed by atoms with Gasteiger partial charge in [0.2, 0.25) is 40.5 Å². The summed E-state index contributed by atoms with van der Waals surface area (Å²) in [5, 5.41) is 35.4. The van der Waals surface area contributed by atoms with E-state index in [0.29, 0.717) is 87.6 Å². The molecule has 39 nitrogen and oxygen atoms in total. The summed E-state index contributed by atoms with van der Waals surface area (Å²) >= 11 is 29.4. The molecule has 4 radical (unpaired) electrons. The molecule has 4 fully saturated rings. The van der Waals surface area contributed by atoms with E-state index < -0.39 is 40.4 Å². The molecule has 10 aromatic rings. The first-order valence-corrected chi connectivity index (χ1v) is 51.9. The van der Waals surface area contributed by atoms with Gasteiger partial charge in [-0.2, -0.15) is 0 Å². The van der Waals surface area contributed by atoms with Crippen LogP contribution in [-0.2, 0) is 69.8 Å². The van der Waals surface area contributed by atoms with Gasteiger partial charge < -0.3 is 72.4 Å². The number of carbonyl (C=O) groups is 8. The number of nitro groups is 2. The molecule has 0 atom stereocenters. The number of aliphatic hydroxyl groups is 1. The number of hydrogen-bond donors (Lipinski definition) is 3. The summed E-state index contributed by atoms with van der Waals surface area (Å²) in [7, 11) is 7.61. The van der Waals surface area contributed by atoms with Gasteiger partial charge in [-0.05, 0) is 271 Å². The van der Waals surface area contributed by atoms with Crippen molar-refractivity contribution in [2.45, 2.75) is 215 Å². The van der Waals surface area contributed by atoms with E-state index in [1.165, 1.54) is 85.9 Å². The number of amides is 4. The molecule has 3 saturated carbocycles. The molecule has 3 N–H and O–H groups in total. The lowest BCUT2D eigenvalue weighted by Crippen LogP contribution is -2.41. The minimum Gasteiger partial charge on any atom is -0.477 e. The number of Topliss-reactive ketones (excluding diaryl/α,β-unsaturated/α-hetero) is 1. The second kappa shape index (κ2) is 61.5. The highest BCUT2D eigenvalue weighted by atomic mass is 79.9. The molecule has 146 heavy (non-hydrogen) atoms. The van der Waals surface area contributed by atoms with Gasteiger partial charge in [-0.25, -0.2) is 63.8 Å². The molecular weight excluding hydrogens is 2300 g/mol. The van der Waals surface area contributed by atoms with Crippen molar-refractivity contribution in [3.63, 3.8) is 0 Å². The van der Waals surface area contributed by atoms with Crippen molar-refractivity contribution in [1.29, 1.82) is 0 Å². The minimum atomic E-state index is -0.660. The van der Waals surface area contributed by atoms with E-state index in [-0.39, 0.29) is 117 Å². The zero-order valence-electron chi connectivity index (χ0n) is 79.7. The minimum absolute atomic E-state index is 0. The number of hydrogen-bond acceptors (Lipinski definition) is 35. The third kappa shape index (κ3) is 38.9. The molecule has 0 unspecified atom stereocenters. The van der Waals surface area contributed by atoms with Crippen molar-refractivity contribution in [2.24, 2.45) is 0 Å². The van der Waals surface area contributed by atoms with Gasteiger partial charge in [0.25, 0.3) is 5.88 Å². The Bertz CT molecular complexity index is 6070. The fraction of sp³-hybridized carbons (Fsp3) is 0.453. The fourth-order valence-corrected chi connectivity index (χ4v) is 18.4. The van der Waals surface area contributed by atoms with Crippen LogP contribution in [-0.4, -0.2) is 220 Å². The molecule has 3 aliphatic carbocycles. The Labute approximate surface area is 907 Å². The van der Waals surface area contributed by atoms with Crippen LogP contribution in [0.3, 0.4) is 0 Å². The molecule has 2 aromatic carbocycles. The summed E-state index contributed by atoms with van der Waals surface area (Å²) in [6.45, 7) is 16.8. The van der Waals surface area contributed by atoms with Crippen LogP contribution in [0.4, 0.5) is 47.4 Å². The van der Waals surface area contributed by atoms with Crippen LogP contribution < -0.4 is 49.6 Å². The molecule has 18 rings (SSSR count). The summed E-state index contributed by atoms with van der Waals surface area (Å²) in [6.07, 6.45) is 28.0. The summed E-state index contributed by atoms with van der Waals surface area (Å²) in [5.41, 5.74) is 5.92. The predicted molar refractivity (Wildman–Crippen MR) is 575 cm³/mol. The monoisotopic (exact) mass is 2410 g/mol. The van der Waals surface area contributed by atoms with Crippen molar-refractivity contribution in [1.82, 2.24) is 39.9 Å². The van der Waals surface area contributed by atoms with Gasteiger partial charge >= 0.3 is 48.0 Å². The van der Waals surface area contributed by atoms with E-state index in [1.54, 1.807) is 48.4 Å². The number of esters is 2. The topological polar surface area (TPSA) is 487 Å². The van der Waals surface area contributed by atoms with E-state index in [0.717, 1.165) is 158 Å². The van der Waals surface area contributed by atoms with E-state index in [2.05, 4.69) is 161 Å². The number of aromatic nitrogens is 8. The molecule has 13 heterocycles. The Morgan fingerprint density at radius 1 is 0.541 bits per heavy atom. The van der Waals surface area contributed by atoms with Crippen molar-refractivity contribution < 1.29 is 110 Å². The third-order valence-corrected chi connectivity index (χ3v) is 26.3. The number of aliphatic hydroxyl groups excluding tert-OH is 1. The number of ketones is 1. The number of fused-ring (bicyclic) bond motifs is 6. The highest BCUT2D eigenvalue weighted by Crippen LogP contribution is 2.41. The summed E-state index contributed by atoms with van der Waals surface area (Å²) in [4.78, 5) is 146. The third-order valence-electron chi connectivity index (χ3n) is 21.9. The average molecular weight is 2420 g/mol. The highest BCUT2D eigenvalue weighted by Gasteiger charge is 2.52. The van der Waals surface area contributed by atoms with Crippen LogP contribution in [0.2, 0.25) is 5.15 Å². The van der Waals surface area contributed by atoms with E-state index in [9.17, 15) is 58.6 Å². The van der Waals surface area contributed by atoms with Crippen LogP contribution >= 0.6 is 126 Å². The number of benzene rings is 2. The molecule has 782 valence electrons.